The molecule has 1 aliphatic heterocycles. The first kappa shape index (κ1) is 13.0. The summed E-state index contributed by atoms with van der Waals surface area (Å²) in [5.41, 5.74) is 3.45. The third-order valence-corrected chi connectivity index (χ3v) is 4.31. The molecule has 0 spiro atoms. The summed E-state index contributed by atoms with van der Waals surface area (Å²) in [5, 5.41) is 3.68. The summed E-state index contributed by atoms with van der Waals surface area (Å²) in [5.74, 6) is 0.993. The molecule has 2 aromatic carbocycles. The van der Waals surface area contributed by atoms with Crippen LogP contribution in [0.3, 0.4) is 0 Å². The van der Waals surface area contributed by atoms with Gasteiger partial charge in [0.05, 0.1) is 17.6 Å². The second-order valence-electron chi connectivity index (χ2n) is 4.97. The Bertz CT molecular complexity index is 785. The van der Waals surface area contributed by atoms with Gasteiger partial charge in [0.2, 0.25) is 5.91 Å². The van der Waals surface area contributed by atoms with Crippen LogP contribution in [-0.2, 0) is 4.79 Å². The summed E-state index contributed by atoms with van der Waals surface area (Å²) in [7, 11) is 0. The molecule has 22 heavy (non-hydrogen) atoms. The number of carbonyl (C=O) groups is 1. The molecule has 0 fully saturated rings. The number of aromatic nitrogens is 1. The fraction of sp³-hybridized carbons (Fsp3) is 0.0588. The van der Waals surface area contributed by atoms with E-state index in [0.29, 0.717) is 0 Å². The maximum Gasteiger partial charge on any atom is 0.237 e. The minimum Gasteiger partial charge on any atom is -0.457 e. The van der Waals surface area contributed by atoms with Gasteiger partial charge < -0.3 is 10.1 Å². The van der Waals surface area contributed by atoms with Gasteiger partial charge in [-0.25, -0.2) is 0 Å². The highest BCUT2D eigenvalue weighted by Crippen LogP contribution is 2.44. The van der Waals surface area contributed by atoms with Crippen molar-refractivity contribution in [2.45, 2.75) is 5.92 Å². The fourth-order valence-corrected chi connectivity index (χ4v) is 3.18. The Hall–Kier alpha value is -2.66. The largest absolute Gasteiger partial charge is 0.457 e. The SMILES string of the molecule is O=C(Nc1cncs1)C1c2ccccc2Oc2ccccc21. The van der Waals surface area contributed by atoms with Crippen LogP contribution < -0.4 is 10.1 Å². The number of amides is 1. The summed E-state index contributed by atoms with van der Waals surface area (Å²) >= 11 is 1.40. The summed E-state index contributed by atoms with van der Waals surface area (Å²) in [6, 6.07) is 15.3. The molecule has 0 radical (unpaired) electrons. The molecule has 4 nitrogen and oxygen atoms in total. The first-order valence-corrected chi connectivity index (χ1v) is 7.76. The lowest BCUT2D eigenvalue weighted by atomic mass is 9.87. The Balaban J connectivity index is 1.79. The Morgan fingerprint density at radius 3 is 2.27 bits per heavy atom. The van der Waals surface area contributed by atoms with Crippen LogP contribution >= 0.6 is 11.3 Å². The van der Waals surface area contributed by atoms with E-state index in [9.17, 15) is 4.79 Å². The number of para-hydroxylation sites is 2. The molecule has 0 aliphatic carbocycles. The summed E-state index contributed by atoms with van der Waals surface area (Å²) < 4.78 is 5.90. The fourth-order valence-electron chi connectivity index (χ4n) is 2.66. The zero-order valence-corrected chi connectivity index (χ0v) is 12.3. The van der Waals surface area contributed by atoms with E-state index in [0.717, 1.165) is 27.6 Å². The molecule has 108 valence electrons. The number of benzene rings is 2. The highest BCUT2D eigenvalue weighted by Gasteiger charge is 2.32. The topological polar surface area (TPSA) is 51.2 Å². The average Bonchev–Trinajstić information content (AvgIpc) is 3.05. The lowest BCUT2D eigenvalue weighted by Gasteiger charge is -2.27. The first-order valence-electron chi connectivity index (χ1n) is 6.88. The number of hydrogen-bond acceptors (Lipinski definition) is 4. The Morgan fingerprint density at radius 1 is 1.05 bits per heavy atom. The van der Waals surface area contributed by atoms with Crippen molar-refractivity contribution in [2.24, 2.45) is 0 Å². The van der Waals surface area contributed by atoms with Gasteiger partial charge in [-0.3, -0.25) is 9.78 Å². The van der Waals surface area contributed by atoms with Crippen molar-refractivity contribution < 1.29 is 9.53 Å². The van der Waals surface area contributed by atoms with Crippen LogP contribution in [0, 0.1) is 0 Å². The van der Waals surface area contributed by atoms with Gasteiger partial charge in [0.25, 0.3) is 0 Å². The van der Waals surface area contributed by atoms with Crippen LogP contribution in [0.25, 0.3) is 0 Å². The number of nitrogens with zero attached hydrogens (tertiary/aromatic N) is 1. The van der Waals surface area contributed by atoms with Gasteiger partial charge in [0, 0.05) is 11.1 Å². The zero-order chi connectivity index (χ0) is 14.9. The van der Waals surface area contributed by atoms with Crippen molar-refractivity contribution in [2.75, 3.05) is 5.32 Å². The summed E-state index contributed by atoms with van der Waals surface area (Å²) in [6.07, 6.45) is 1.65. The lowest BCUT2D eigenvalue weighted by molar-refractivity contribution is -0.116. The van der Waals surface area contributed by atoms with E-state index in [1.807, 2.05) is 48.5 Å². The van der Waals surface area contributed by atoms with E-state index in [1.54, 1.807) is 11.7 Å². The van der Waals surface area contributed by atoms with Gasteiger partial charge in [0.15, 0.2) is 0 Å². The van der Waals surface area contributed by atoms with Crippen LogP contribution in [0.1, 0.15) is 17.0 Å². The molecule has 0 saturated carbocycles. The highest BCUT2D eigenvalue weighted by atomic mass is 32.1. The van der Waals surface area contributed by atoms with Crippen molar-refractivity contribution in [1.82, 2.24) is 4.98 Å². The number of rotatable bonds is 2. The van der Waals surface area contributed by atoms with Gasteiger partial charge >= 0.3 is 0 Å². The molecule has 0 saturated heterocycles. The monoisotopic (exact) mass is 308 g/mol. The Labute approximate surface area is 131 Å². The molecule has 4 rings (SSSR count). The number of hydrogen-bond donors (Lipinski definition) is 1. The molecular formula is C17H12N2O2S. The van der Waals surface area contributed by atoms with Crippen molar-refractivity contribution in [1.29, 1.82) is 0 Å². The highest BCUT2D eigenvalue weighted by molar-refractivity contribution is 7.14. The van der Waals surface area contributed by atoms with Crippen LogP contribution in [-0.4, -0.2) is 10.9 Å². The summed E-state index contributed by atoms with van der Waals surface area (Å²) in [4.78, 5) is 16.8. The third kappa shape index (κ3) is 2.16. The quantitative estimate of drug-likeness (QED) is 0.778. The number of carbonyl (C=O) groups excluding carboxylic acids is 1. The van der Waals surface area contributed by atoms with E-state index in [2.05, 4.69) is 10.3 Å². The first-order chi connectivity index (χ1) is 10.8. The summed E-state index contributed by atoms with van der Waals surface area (Å²) in [6.45, 7) is 0. The molecule has 2 heterocycles. The molecule has 0 unspecified atom stereocenters. The predicted octanol–water partition coefficient (Wildman–Crippen LogP) is 4.02. The predicted molar refractivity (Wildman–Crippen MR) is 85.5 cm³/mol. The van der Waals surface area contributed by atoms with E-state index in [4.69, 9.17) is 4.74 Å². The molecule has 1 aliphatic rings. The molecule has 0 atom stereocenters. The zero-order valence-electron chi connectivity index (χ0n) is 11.5. The van der Waals surface area contributed by atoms with E-state index in [-0.39, 0.29) is 11.8 Å². The molecule has 3 aromatic rings. The number of nitrogens with one attached hydrogen (secondary N) is 1. The van der Waals surface area contributed by atoms with Gasteiger partial charge in [0.1, 0.15) is 16.5 Å². The molecule has 5 heteroatoms. The average molecular weight is 308 g/mol. The van der Waals surface area contributed by atoms with Crippen molar-refractivity contribution in [3.05, 3.63) is 71.4 Å². The van der Waals surface area contributed by atoms with Gasteiger partial charge in [-0.15, -0.1) is 11.3 Å². The molecule has 1 N–H and O–H groups in total. The number of anilines is 1. The number of fused-ring (bicyclic) bond motifs is 2. The molecular weight excluding hydrogens is 296 g/mol. The molecule has 1 aromatic heterocycles. The van der Waals surface area contributed by atoms with Gasteiger partial charge in [-0.2, -0.15) is 0 Å². The molecule has 0 bridgehead atoms. The van der Waals surface area contributed by atoms with Crippen molar-refractivity contribution in [3.8, 4) is 11.5 Å². The standard InChI is InChI=1S/C17H12N2O2S/c20-17(19-15-9-18-10-22-15)16-11-5-1-3-7-13(11)21-14-8-4-2-6-12(14)16/h1-10,16H,(H,19,20). The van der Waals surface area contributed by atoms with E-state index < -0.39 is 0 Å². The minimum atomic E-state index is -0.386. The number of ether oxygens (including phenoxy) is 1. The van der Waals surface area contributed by atoms with Gasteiger partial charge in [-0.1, -0.05) is 36.4 Å². The minimum absolute atomic E-state index is 0.0764. The Morgan fingerprint density at radius 2 is 1.68 bits per heavy atom. The molecule has 1 amide bonds. The van der Waals surface area contributed by atoms with Crippen molar-refractivity contribution >= 4 is 22.2 Å². The normalized spacial score (nSPS) is 12.9. The second kappa shape index (κ2) is 5.27. The van der Waals surface area contributed by atoms with Crippen molar-refractivity contribution in [3.63, 3.8) is 0 Å². The maximum atomic E-state index is 12.8. The van der Waals surface area contributed by atoms with E-state index >= 15 is 0 Å². The Kier molecular flexibility index (Phi) is 3.12. The third-order valence-electron chi connectivity index (χ3n) is 3.62. The van der Waals surface area contributed by atoms with Crippen LogP contribution in [0.15, 0.2) is 60.2 Å². The van der Waals surface area contributed by atoms with Crippen LogP contribution in [0.2, 0.25) is 0 Å². The second-order valence-corrected chi connectivity index (χ2v) is 5.85. The number of thiazole rings is 1. The van der Waals surface area contributed by atoms with Crippen LogP contribution in [0.4, 0.5) is 5.00 Å². The smallest absolute Gasteiger partial charge is 0.237 e. The van der Waals surface area contributed by atoms with Gasteiger partial charge in [-0.05, 0) is 12.1 Å². The maximum absolute atomic E-state index is 12.8. The van der Waals surface area contributed by atoms with E-state index in [1.165, 1.54) is 11.3 Å². The lowest BCUT2D eigenvalue weighted by Crippen LogP contribution is -2.24. The van der Waals surface area contributed by atoms with Crippen LogP contribution in [0.5, 0.6) is 11.5 Å².